The monoisotopic (exact) mass is 291 g/mol. The third-order valence-corrected chi connectivity index (χ3v) is 3.22. The minimum absolute atomic E-state index is 0. The van der Waals surface area contributed by atoms with Crippen molar-refractivity contribution in [3.05, 3.63) is 17.7 Å². The van der Waals surface area contributed by atoms with Crippen LogP contribution in [0.3, 0.4) is 0 Å². The van der Waals surface area contributed by atoms with Crippen molar-refractivity contribution < 1.29 is 9.47 Å². The van der Waals surface area contributed by atoms with E-state index in [0.29, 0.717) is 13.2 Å². The number of methoxy groups -OCH3 is 1. The van der Waals surface area contributed by atoms with Crippen LogP contribution in [0.15, 0.2) is 17.0 Å². The predicted molar refractivity (Wildman–Crippen MR) is 80.6 cm³/mol. The van der Waals surface area contributed by atoms with E-state index in [9.17, 15) is 0 Å². The fourth-order valence-corrected chi connectivity index (χ4v) is 2.53. The standard InChI is InChI=1S/C13H21NO2S.ClH/c1-4-16-11-8-10(6-7-14)9-12(17-5-2)13(11)15-3;/h8-9H,4-7,14H2,1-3H3;1H. The molecular weight excluding hydrogens is 270 g/mol. The van der Waals surface area contributed by atoms with E-state index < -0.39 is 0 Å². The molecule has 0 radical (unpaired) electrons. The lowest BCUT2D eigenvalue weighted by atomic mass is 10.1. The highest BCUT2D eigenvalue weighted by Gasteiger charge is 2.12. The SMILES string of the molecule is CCOc1cc(CCN)cc(SCC)c1OC.Cl. The maximum atomic E-state index is 5.62. The molecule has 1 rings (SSSR count). The van der Waals surface area contributed by atoms with Crippen LogP contribution in [-0.2, 0) is 6.42 Å². The Morgan fingerprint density at radius 3 is 2.50 bits per heavy atom. The fraction of sp³-hybridized carbons (Fsp3) is 0.538. The average Bonchev–Trinajstić information content (AvgIpc) is 2.30. The molecule has 18 heavy (non-hydrogen) atoms. The molecule has 0 fully saturated rings. The summed E-state index contributed by atoms with van der Waals surface area (Å²) in [4.78, 5) is 1.13. The molecule has 0 aliphatic carbocycles. The molecule has 3 nitrogen and oxygen atoms in total. The molecule has 1 aromatic carbocycles. The summed E-state index contributed by atoms with van der Waals surface area (Å²) < 4.78 is 11.1. The van der Waals surface area contributed by atoms with Crippen molar-refractivity contribution in [2.24, 2.45) is 5.73 Å². The van der Waals surface area contributed by atoms with Crippen LogP contribution in [0.1, 0.15) is 19.4 Å². The van der Waals surface area contributed by atoms with Crippen LogP contribution in [0, 0.1) is 0 Å². The Bertz CT molecular complexity index is 334. The molecule has 2 N–H and O–H groups in total. The van der Waals surface area contributed by atoms with Gasteiger partial charge in [0, 0.05) is 0 Å². The quantitative estimate of drug-likeness (QED) is 0.784. The molecule has 0 spiro atoms. The molecular formula is C13H22ClNO2S. The summed E-state index contributed by atoms with van der Waals surface area (Å²) in [7, 11) is 1.68. The first-order valence-electron chi connectivity index (χ1n) is 5.93. The molecule has 0 aliphatic heterocycles. The smallest absolute Gasteiger partial charge is 0.174 e. The summed E-state index contributed by atoms with van der Waals surface area (Å²) in [6.45, 7) is 5.38. The number of benzene rings is 1. The first kappa shape index (κ1) is 17.4. The van der Waals surface area contributed by atoms with E-state index >= 15 is 0 Å². The average molecular weight is 292 g/mol. The van der Waals surface area contributed by atoms with Crippen molar-refractivity contribution in [1.82, 2.24) is 0 Å². The molecule has 0 unspecified atom stereocenters. The van der Waals surface area contributed by atoms with Gasteiger partial charge in [-0.1, -0.05) is 6.92 Å². The number of halogens is 1. The summed E-state index contributed by atoms with van der Waals surface area (Å²) in [6.07, 6.45) is 0.862. The Balaban J connectivity index is 0.00000289. The van der Waals surface area contributed by atoms with E-state index in [1.807, 2.05) is 13.0 Å². The lowest BCUT2D eigenvalue weighted by Crippen LogP contribution is -2.04. The first-order valence-corrected chi connectivity index (χ1v) is 6.91. The number of thioether (sulfide) groups is 1. The van der Waals surface area contributed by atoms with Crippen molar-refractivity contribution in [2.75, 3.05) is 26.0 Å². The molecule has 104 valence electrons. The molecule has 0 saturated carbocycles. The maximum absolute atomic E-state index is 5.62. The summed E-state index contributed by atoms with van der Waals surface area (Å²) in [6, 6.07) is 4.16. The Hall–Kier alpha value is -0.580. The maximum Gasteiger partial charge on any atom is 0.174 e. The highest BCUT2D eigenvalue weighted by molar-refractivity contribution is 7.99. The Morgan fingerprint density at radius 1 is 1.28 bits per heavy atom. The number of hydrogen-bond acceptors (Lipinski definition) is 4. The molecule has 0 saturated heterocycles. The second-order valence-corrected chi connectivity index (χ2v) is 4.84. The molecule has 5 heteroatoms. The van der Waals surface area contributed by atoms with Gasteiger partial charge < -0.3 is 15.2 Å². The van der Waals surface area contributed by atoms with Gasteiger partial charge in [-0.25, -0.2) is 0 Å². The van der Waals surface area contributed by atoms with E-state index in [0.717, 1.165) is 28.6 Å². The van der Waals surface area contributed by atoms with Gasteiger partial charge in [0.25, 0.3) is 0 Å². The summed E-state index contributed by atoms with van der Waals surface area (Å²) >= 11 is 1.76. The van der Waals surface area contributed by atoms with Crippen molar-refractivity contribution >= 4 is 24.2 Å². The Morgan fingerprint density at radius 2 is 2.00 bits per heavy atom. The van der Waals surface area contributed by atoms with Gasteiger partial charge in [-0.15, -0.1) is 24.2 Å². The van der Waals surface area contributed by atoms with Crippen molar-refractivity contribution in [2.45, 2.75) is 25.2 Å². The summed E-state index contributed by atoms with van der Waals surface area (Å²) in [5.41, 5.74) is 6.80. The molecule has 0 heterocycles. The van der Waals surface area contributed by atoms with Gasteiger partial charge in [-0.3, -0.25) is 0 Å². The Labute approximate surface area is 120 Å². The number of ether oxygens (including phenoxy) is 2. The number of hydrogen-bond donors (Lipinski definition) is 1. The van der Waals surface area contributed by atoms with E-state index in [2.05, 4.69) is 13.0 Å². The fourth-order valence-electron chi connectivity index (χ4n) is 1.67. The number of nitrogens with two attached hydrogens (primary N) is 1. The summed E-state index contributed by atoms with van der Waals surface area (Å²) in [5.74, 6) is 2.66. The molecule has 0 aliphatic rings. The van der Waals surface area contributed by atoms with Crippen LogP contribution in [-0.4, -0.2) is 26.0 Å². The zero-order valence-corrected chi connectivity index (χ0v) is 12.8. The minimum Gasteiger partial charge on any atom is -0.492 e. The van der Waals surface area contributed by atoms with Crippen LogP contribution < -0.4 is 15.2 Å². The van der Waals surface area contributed by atoms with Crippen LogP contribution in [0.25, 0.3) is 0 Å². The molecule has 0 bridgehead atoms. The van der Waals surface area contributed by atoms with E-state index in [1.54, 1.807) is 18.9 Å². The van der Waals surface area contributed by atoms with E-state index in [4.69, 9.17) is 15.2 Å². The van der Waals surface area contributed by atoms with Gasteiger partial charge in [0.15, 0.2) is 11.5 Å². The predicted octanol–water partition coefficient (Wildman–Crippen LogP) is 3.13. The highest BCUT2D eigenvalue weighted by atomic mass is 35.5. The third kappa shape index (κ3) is 4.59. The van der Waals surface area contributed by atoms with Gasteiger partial charge in [-0.2, -0.15) is 0 Å². The van der Waals surface area contributed by atoms with Crippen molar-refractivity contribution in [3.63, 3.8) is 0 Å². The minimum atomic E-state index is 0. The topological polar surface area (TPSA) is 44.5 Å². The van der Waals surface area contributed by atoms with Crippen LogP contribution in [0.2, 0.25) is 0 Å². The normalized spacial score (nSPS) is 9.78. The summed E-state index contributed by atoms with van der Waals surface area (Å²) in [5, 5.41) is 0. The zero-order valence-electron chi connectivity index (χ0n) is 11.2. The van der Waals surface area contributed by atoms with Gasteiger partial charge in [0.2, 0.25) is 0 Å². The Kier molecular flexibility index (Phi) is 9.06. The molecule has 1 aromatic rings. The molecule has 0 amide bonds. The van der Waals surface area contributed by atoms with Crippen LogP contribution >= 0.6 is 24.2 Å². The molecule has 0 aromatic heterocycles. The second-order valence-electron chi connectivity index (χ2n) is 3.53. The van der Waals surface area contributed by atoms with Gasteiger partial charge in [0.05, 0.1) is 18.6 Å². The van der Waals surface area contributed by atoms with E-state index in [1.165, 1.54) is 5.56 Å². The van der Waals surface area contributed by atoms with Gasteiger partial charge >= 0.3 is 0 Å². The third-order valence-electron chi connectivity index (χ3n) is 2.32. The zero-order chi connectivity index (χ0) is 12.7. The highest BCUT2D eigenvalue weighted by Crippen LogP contribution is 2.39. The van der Waals surface area contributed by atoms with Gasteiger partial charge in [-0.05, 0) is 43.3 Å². The number of rotatable bonds is 7. The van der Waals surface area contributed by atoms with Crippen molar-refractivity contribution in [1.29, 1.82) is 0 Å². The van der Waals surface area contributed by atoms with Crippen LogP contribution in [0.5, 0.6) is 11.5 Å². The van der Waals surface area contributed by atoms with Crippen LogP contribution in [0.4, 0.5) is 0 Å². The lowest BCUT2D eigenvalue weighted by molar-refractivity contribution is 0.306. The molecule has 0 atom stereocenters. The van der Waals surface area contributed by atoms with Gasteiger partial charge in [0.1, 0.15) is 0 Å². The second kappa shape index (κ2) is 9.36. The lowest BCUT2D eigenvalue weighted by Gasteiger charge is -2.15. The van der Waals surface area contributed by atoms with E-state index in [-0.39, 0.29) is 12.4 Å². The first-order chi connectivity index (χ1) is 8.26. The van der Waals surface area contributed by atoms with Crippen molar-refractivity contribution in [3.8, 4) is 11.5 Å². The largest absolute Gasteiger partial charge is 0.492 e.